The SMILES string of the molecule is CCN1C=CC(=C/C=c2/sc(=Cc3sc(-c4ccccc4)c(-c4ccccc4)[n+]3CC)n(CC)c2=O)C=C1. The molecule has 1 aliphatic rings. The van der Waals surface area contributed by atoms with Gasteiger partial charge in [-0.2, -0.15) is 4.57 Å². The van der Waals surface area contributed by atoms with E-state index >= 15 is 0 Å². The number of thiazole rings is 2. The van der Waals surface area contributed by atoms with Crippen molar-refractivity contribution in [2.75, 3.05) is 6.54 Å². The number of allylic oxidation sites excluding steroid dienone is 4. The summed E-state index contributed by atoms with van der Waals surface area (Å²) in [5, 5.41) is 1.14. The molecule has 3 heterocycles. The fourth-order valence-electron chi connectivity index (χ4n) is 4.56. The van der Waals surface area contributed by atoms with Gasteiger partial charge in [-0.15, -0.1) is 11.3 Å². The molecule has 4 nitrogen and oxygen atoms in total. The van der Waals surface area contributed by atoms with Crippen molar-refractivity contribution in [2.45, 2.75) is 33.9 Å². The standard InChI is InChI=1S/C32H32N3OS2/c1-4-33-21-19-24(20-22-33)17-18-27-32(36)35(6-3)29(37-27)23-28-34(5-2)30(25-13-9-7-10-14-25)31(38-28)26-15-11-8-12-16-26/h7-23H,4-6H2,1-3H3/q+1/b27-18+. The van der Waals surface area contributed by atoms with E-state index in [2.05, 4.69) is 115 Å². The van der Waals surface area contributed by atoms with Crippen LogP contribution in [0.3, 0.4) is 0 Å². The third-order valence-corrected chi connectivity index (χ3v) is 8.82. The third-order valence-electron chi connectivity index (χ3n) is 6.57. The first-order valence-corrected chi connectivity index (χ1v) is 14.7. The number of aromatic nitrogens is 2. The fraction of sp³-hybridized carbons (Fsp3) is 0.188. The van der Waals surface area contributed by atoms with Crippen molar-refractivity contribution in [1.29, 1.82) is 0 Å². The second kappa shape index (κ2) is 11.8. The topological polar surface area (TPSA) is 29.1 Å². The zero-order valence-electron chi connectivity index (χ0n) is 22.0. The summed E-state index contributed by atoms with van der Waals surface area (Å²) in [7, 11) is 0. The lowest BCUT2D eigenvalue weighted by atomic mass is 10.1. The Bertz CT molecular complexity index is 1670. The highest BCUT2D eigenvalue weighted by atomic mass is 32.1. The van der Waals surface area contributed by atoms with Crippen molar-refractivity contribution < 1.29 is 4.57 Å². The molecular formula is C32H32N3OS2+. The van der Waals surface area contributed by atoms with Crippen LogP contribution in [0.4, 0.5) is 0 Å². The highest BCUT2D eigenvalue weighted by Gasteiger charge is 2.27. The molecule has 0 saturated heterocycles. The molecule has 0 amide bonds. The molecule has 2 aromatic carbocycles. The number of rotatable bonds is 7. The number of hydrogen-bond acceptors (Lipinski definition) is 4. The van der Waals surface area contributed by atoms with Gasteiger partial charge in [0.05, 0.1) is 10.6 Å². The molecule has 0 fully saturated rings. The predicted molar refractivity (Wildman–Crippen MR) is 161 cm³/mol. The summed E-state index contributed by atoms with van der Waals surface area (Å²) in [5.41, 5.74) is 4.75. The Kier molecular flexibility index (Phi) is 8.01. The summed E-state index contributed by atoms with van der Waals surface area (Å²) in [6.45, 7) is 8.74. The van der Waals surface area contributed by atoms with Crippen LogP contribution in [0, 0.1) is 0 Å². The van der Waals surface area contributed by atoms with Crippen molar-refractivity contribution in [2.24, 2.45) is 0 Å². The van der Waals surface area contributed by atoms with Gasteiger partial charge >= 0.3 is 0 Å². The van der Waals surface area contributed by atoms with Crippen molar-refractivity contribution in [1.82, 2.24) is 9.47 Å². The van der Waals surface area contributed by atoms with E-state index in [0.717, 1.165) is 32.9 Å². The Labute approximate surface area is 231 Å². The Morgan fingerprint density at radius 2 is 1.47 bits per heavy atom. The molecule has 0 saturated carbocycles. The average molecular weight is 539 g/mol. The second-order valence-corrected chi connectivity index (χ2v) is 11.0. The summed E-state index contributed by atoms with van der Waals surface area (Å²) in [4.78, 5) is 16.7. The van der Waals surface area contributed by atoms with Gasteiger partial charge in [0.1, 0.15) is 16.1 Å². The van der Waals surface area contributed by atoms with Crippen LogP contribution in [0.5, 0.6) is 0 Å². The lowest BCUT2D eigenvalue weighted by Crippen LogP contribution is -2.36. The fourth-order valence-corrected chi connectivity index (χ4v) is 6.97. The second-order valence-electron chi connectivity index (χ2n) is 8.89. The van der Waals surface area contributed by atoms with E-state index in [1.807, 2.05) is 23.6 Å². The maximum absolute atomic E-state index is 13.3. The van der Waals surface area contributed by atoms with Crippen molar-refractivity contribution in [3.63, 3.8) is 0 Å². The van der Waals surface area contributed by atoms with Crippen LogP contribution in [0.25, 0.3) is 33.9 Å². The van der Waals surface area contributed by atoms with Gasteiger partial charge in [0.2, 0.25) is 5.69 Å². The molecule has 0 radical (unpaired) electrons. The summed E-state index contributed by atoms with van der Waals surface area (Å²) in [6, 6.07) is 21.1. The van der Waals surface area contributed by atoms with E-state index in [-0.39, 0.29) is 5.56 Å². The molecule has 38 heavy (non-hydrogen) atoms. The zero-order chi connectivity index (χ0) is 26.5. The Morgan fingerprint density at radius 1 is 0.816 bits per heavy atom. The lowest BCUT2D eigenvalue weighted by molar-refractivity contribution is -0.679. The lowest BCUT2D eigenvalue weighted by Gasteiger charge is -2.15. The van der Waals surface area contributed by atoms with E-state index in [1.54, 1.807) is 22.7 Å². The molecule has 0 bridgehead atoms. The monoisotopic (exact) mass is 538 g/mol. The van der Waals surface area contributed by atoms with Crippen LogP contribution in [-0.4, -0.2) is 16.0 Å². The molecule has 1 aliphatic heterocycles. The van der Waals surface area contributed by atoms with Crippen LogP contribution in [0.1, 0.15) is 25.8 Å². The molecule has 0 spiro atoms. The van der Waals surface area contributed by atoms with Crippen LogP contribution in [-0.2, 0) is 13.1 Å². The quantitative estimate of drug-likeness (QED) is 0.290. The number of benzene rings is 2. The highest BCUT2D eigenvalue weighted by molar-refractivity contribution is 7.16. The van der Waals surface area contributed by atoms with E-state index in [0.29, 0.717) is 6.54 Å². The van der Waals surface area contributed by atoms with Crippen molar-refractivity contribution in [3.8, 4) is 21.7 Å². The average Bonchev–Trinajstić information content (AvgIpc) is 3.49. The minimum absolute atomic E-state index is 0.0609. The minimum atomic E-state index is 0.0609. The molecular weight excluding hydrogens is 507 g/mol. The van der Waals surface area contributed by atoms with Crippen molar-refractivity contribution in [3.05, 3.63) is 121 Å². The Hall–Kier alpha value is -3.74. The van der Waals surface area contributed by atoms with E-state index in [9.17, 15) is 4.79 Å². The van der Waals surface area contributed by atoms with Crippen molar-refractivity contribution >= 4 is 34.8 Å². The smallest absolute Gasteiger partial charge is 0.269 e. The highest BCUT2D eigenvalue weighted by Crippen LogP contribution is 2.35. The maximum Gasteiger partial charge on any atom is 0.269 e. The summed E-state index contributed by atoms with van der Waals surface area (Å²) < 4.78 is 5.97. The van der Waals surface area contributed by atoms with Gasteiger partial charge in [0, 0.05) is 31.1 Å². The van der Waals surface area contributed by atoms with Gasteiger partial charge in [-0.3, -0.25) is 9.36 Å². The summed E-state index contributed by atoms with van der Waals surface area (Å²) >= 11 is 3.33. The van der Waals surface area contributed by atoms with Gasteiger partial charge in [-0.1, -0.05) is 65.9 Å². The van der Waals surface area contributed by atoms with E-state index < -0.39 is 0 Å². The first-order valence-electron chi connectivity index (χ1n) is 13.1. The molecule has 5 rings (SSSR count). The van der Waals surface area contributed by atoms with Gasteiger partial charge in [-0.25, -0.2) is 0 Å². The normalized spacial score (nSPS) is 14.1. The van der Waals surface area contributed by atoms with Crippen LogP contribution in [0.15, 0.2) is 102 Å². The maximum atomic E-state index is 13.3. The first kappa shape index (κ1) is 25.9. The zero-order valence-corrected chi connectivity index (χ0v) is 23.6. The van der Waals surface area contributed by atoms with E-state index in [4.69, 9.17) is 0 Å². The van der Waals surface area contributed by atoms with Gasteiger partial charge in [0.25, 0.3) is 10.6 Å². The Balaban J connectivity index is 1.66. The molecule has 4 aromatic rings. The van der Waals surface area contributed by atoms with Gasteiger partial charge in [0.15, 0.2) is 0 Å². The minimum Gasteiger partial charge on any atom is -0.354 e. The largest absolute Gasteiger partial charge is 0.354 e. The molecule has 6 heteroatoms. The first-order chi connectivity index (χ1) is 18.6. The van der Waals surface area contributed by atoms with Crippen LogP contribution >= 0.6 is 22.7 Å². The molecule has 0 atom stereocenters. The van der Waals surface area contributed by atoms with Gasteiger partial charge in [-0.05, 0) is 62.3 Å². The van der Waals surface area contributed by atoms with E-state index in [1.165, 1.54) is 21.7 Å². The summed E-state index contributed by atoms with van der Waals surface area (Å²) in [6.07, 6.45) is 14.4. The van der Waals surface area contributed by atoms with Crippen LogP contribution in [0.2, 0.25) is 0 Å². The molecule has 0 aliphatic carbocycles. The number of nitrogens with zero attached hydrogens (tertiary/aromatic N) is 3. The molecule has 0 unspecified atom stereocenters. The molecule has 2 aromatic heterocycles. The third kappa shape index (κ3) is 5.28. The summed E-state index contributed by atoms with van der Waals surface area (Å²) in [5.74, 6) is 0. The number of hydrogen-bond donors (Lipinski definition) is 0. The van der Waals surface area contributed by atoms with Gasteiger partial charge < -0.3 is 4.90 Å². The van der Waals surface area contributed by atoms with Crippen LogP contribution < -0.4 is 19.3 Å². The molecule has 192 valence electrons. The molecule has 0 N–H and O–H groups in total. The predicted octanol–water partition coefficient (Wildman–Crippen LogP) is 5.53. The Morgan fingerprint density at radius 3 is 2.08 bits per heavy atom.